The largest absolute Gasteiger partial charge is 0.377 e. The first-order valence-corrected chi connectivity index (χ1v) is 6.30. The average Bonchev–Trinajstić information content (AvgIpc) is 2.76. The summed E-state index contributed by atoms with van der Waals surface area (Å²) in [6.07, 6.45) is 2.93. The lowest BCUT2D eigenvalue weighted by Gasteiger charge is -2.15. The van der Waals surface area contributed by atoms with Crippen LogP contribution in [0.25, 0.3) is 10.9 Å². The SMILES string of the molecule is CCOC(CN)CCn1ccc2cc(F)ccc21. The normalized spacial score (nSPS) is 13.1. The second kappa shape index (κ2) is 5.98. The molecular formula is C14H19FN2O. The summed E-state index contributed by atoms with van der Waals surface area (Å²) < 4.78 is 20.7. The zero-order valence-corrected chi connectivity index (χ0v) is 10.6. The highest BCUT2D eigenvalue weighted by atomic mass is 19.1. The molecule has 0 amide bonds. The van der Waals surface area contributed by atoms with Crippen molar-refractivity contribution in [1.29, 1.82) is 0 Å². The molecule has 0 fully saturated rings. The fourth-order valence-electron chi connectivity index (χ4n) is 2.15. The molecule has 0 saturated heterocycles. The van der Waals surface area contributed by atoms with E-state index in [1.807, 2.05) is 25.3 Å². The number of hydrogen-bond donors (Lipinski definition) is 1. The number of fused-ring (bicyclic) bond motifs is 1. The van der Waals surface area contributed by atoms with Gasteiger partial charge in [0.15, 0.2) is 0 Å². The van der Waals surface area contributed by atoms with Crippen LogP contribution in [0.4, 0.5) is 4.39 Å². The van der Waals surface area contributed by atoms with Gasteiger partial charge in [-0.05, 0) is 37.6 Å². The van der Waals surface area contributed by atoms with Crippen molar-refractivity contribution in [1.82, 2.24) is 4.57 Å². The first-order chi connectivity index (χ1) is 8.74. The lowest BCUT2D eigenvalue weighted by Crippen LogP contribution is -2.25. The molecule has 0 aliphatic carbocycles. The number of benzene rings is 1. The fourth-order valence-corrected chi connectivity index (χ4v) is 2.15. The highest BCUT2D eigenvalue weighted by molar-refractivity contribution is 5.80. The fraction of sp³-hybridized carbons (Fsp3) is 0.429. The Morgan fingerprint density at radius 3 is 2.94 bits per heavy atom. The van der Waals surface area contributed by atoms with Crippen molar-refractivity contribution in [2.24, 2.45) is 5.73 Å². The first kappa shape index (κ1) is 13.1. The van der Waals surface area contributed by atoms with Crippen molar-refractivity contribution in [2.45, 2.75) is 26.0 Å². The second-order valence-electron chi connectivity index (χ2n) is 4.31. The number of aromatic nitrogens is 1. The van der Waals surface area contributed by atoms with E-state index in [9.17, 15) is 4.39 Å². The van der Waals surface area contributed by atoms with Crippen LogP contribution in [-0.4, -0.2) is 23.8 Å². The van der Waals surface area contributed by atoms with Gasteiger partial charge in [0.2, 0.25) is 0 Å². The van der Waals surface area contributed by atoms with E-state index in [1.54, 1.807) is 6.07 Å². The molecule has 1 aromatic carbocycles. The number of halogens is 1. The van der Waals surface area contributed by atoms with E-state index in [1.165, 1.54) is 6.07 Å². The van der Waals surface area contributed by atoms with Gasteiger partial charge >= 0.3 is 0 Å². The minimum absolute atomic E-state index is 0.0906. The molecule has 2 aromatic rings. The van der Waals surface area contributed by atoms with Crippen LogP contribution >= 0.6 is 0 Å². The van der Waals surface area contributed by atoms with Crippen LogP contribution in [0.15, 0.2) is 30.5 Å². The van der Waals surface area contributed by atoms with Crippen molar-refractivity contribution >= 4 is 10.9 Å². The van der Waals surface area contributed by atoms with Crippen molar-refractivity contribution in [3.05, 3.63) is 36.3 Å². The minimum Gasteiger partial charge on any atom is -0.377 e. The smallest absolute Gasteiger partial charge is 0.123 e. The van der Waals surface area contributed by atoms with Gasteiger partial charge in [0, 0.05) is 36.8 Å². The van der Waals surface area contributed by atoms with Gasteiger partial charge in [-0.25, -0.2) is 4.39 Å². The van der Waals surface area contributed by atoms with Crippen molar-refractivity contribution in [2.75, 3.05) is 13.2 Å². The molecule has 1 heterocycles. The number of ether oxygens (including phenoxy) is 1. The molecule has 98 valence electrons. The third-order valence-electron chi connectivity index (χ3n) is 3.09. The van der Waals surface area contributed by atoms with E-state index in [4.69, 9.17) is 10.5 Å². The summed E-state index contributed by atoms with van der Waals surface area (Å²) in [6, 6.07) is 6.77. The van der Waals surface area contributed by atoms with Crippen LogP contribution in [0.2, 0.25) is 0 Å². The van der Waals surface area contributed by atoms with Gasteiger partial charge in [0.25, 0.3) is 0 Å². The summed E-state index contributed by atoms with van der Waals surface area (Å²) in [5.41, 5.74) is 6.69. The molecule has 3 nitrogen and oxygen atoms in total. The molecule has 0 radical (unpaired) electrons. The third kappa shape index (κ3) is 2.89. The molecule has 1 unspecified atom stereocenters. The summed E-state index contributed by atoms with van der Waals surface area (Å²) in [7, 11) is 0. The maximum atomic E-state index is 13.1. The van der Waals surface area contributed by atoms with Crippen molar-refractivity contribution in [3.63, 3.8) is 0 Å². The standard InChI is InChI=1S/C14H19FN2O/c1-2-18-13(10-16)6-8-17-7-5-11-9-12(15)3-4-14(11)17/h3-5,7,9,13H,2,6,8,10,16H2,1H3. The number of aryl methyl sites for hydroxylation is 1. The van der Waals surface area contributed by atoms with E-state index in [-0.39, 0.29) is 11.9 Å². The molecular weight excluding hydrogens is 231 g/mol. The lowest BCUT2D eigenvalue weighted by atomic mass is 10.2. The number of nitrogens with zero attached hydrogens (tertiary/aromatic N) is 1. The number of rotatable bonds is 6. The predicted octanol–water partition coefficient (Wildman–Crippen LogP) is 2.53. The van der Waals surface area contributed by atoms with Crippen LogP contribution < -0.4 is 5.73 Å². The molecule has 1 atom stereocenters. The van der Waals surface area contributed by atoms with Gasteiger partial charge in [0.05, 0.1) is 6.10 Å². The Balaban J connectivity index is 2.07. The molecule has 0 aliphatic heterocycles. The monoisotopic (exact) mass is 250 g/mol. The van der Waals surface area contributed by atoms with Gasteiger partial charge in [-0.2, -0.15) is 0 Å². The van der Waals surface area contributed by atoms with Crippen LogP contribution in [0.1, 0.15) is 13.3 Å². The highest BCUT2D eigenvalue weighted by Crippen LogP contribution is 2.17. The van der Waals surface area contributed by atoms with E-state index >= 15 is 0 Å². The van der Waals surface area contributed by atoms with Gasteiger partial charge in [-0.1, -0.05) is 0 Å². The zero-order valence-electron chi connectivity index (χ0n) is 10.6. The molecule has 0 bridgehead atoms. The van der Waals surface area contributed by atoms with Gasteiger partial charge < -0.3 is 15.0 Å². The maximum Gasteiger partial charge on any atom is 0.123 e. The van der Waals surface area contributed by atoms with Crippen LogP contribution in [0.3, 0.4) is 0 Å². The summed E-state index contributed by atoms with van der Waals surface area (Å²) in [5.74, 6) is -0.200. The third-order valence-corrected chi connectivity index (χ3v) is 3.09. The van der Waals surface area contributed by atoms with E-state index in [2.05, 4.69) is 4.57 Å². The highest BCUT2D eigenvalue weighted by Gasteiger charge is 2.07. The molecule has 1 aromatic heterocycles. The molecule has 0 saturated carbocycles. The summed E-state index contributed by atoms with van der Waals surface area (Å²) in [6.45, 7) is 4.01. The molecule has 18 heavy (non-hydrogen) atoms. The summed E-state index contributed by atoms with van der Waals surface area (Å²) >= 11 is 0. The quantitative estimate of drug-likeness (QED) is 0.855. The molecule has 0 aliphatic rings. The summed E-state index contributed by atoms with van der Waals surface area (Å²) in [4.78, 5) is 0. The number of nitrogens with two attached hydrogens (primary N) is 1. The lowest BCUT2D eigenvalue weighted by molar-refractivity contribution is 0.0601. The zero-order chi connectivity index (χ0) is 13.0. The molecule has 2 N–H and O–H groups in total. The van der Waals surface area contributed by atoms with Crippen molar-refractivity contribution < 1.29 is 9.13 Å². The Bertz CT molecular complexity index is 509. The molecule has 2 rings (SSSR count). The Morgan fingerprint density at radius 1 is 1.39 bits per heavy atom. The Labute approximate surface area is 106 Å². The van der Waals surface area contributed by atoms with Gasteiger partial charge in [-0.15, -0.1) is 0 Å². The van der Waals surface area contributed by atoms with Gasteiger partial charge in [-0.3, -0.25) is 0 Å². The number of hydrogen-bond acceptors (Lipinski definition) is 2. The predicted molar refractivity (Wildman–Crippen MR) is 71.0 cm³/mol. The van der Waals surface area contributed by atoms with Crippen molar-refractivity contribution in [3.8, 4) is 0 Å². The van der Waals surface area contributed by atoms with E-state index in [0.29, 0.717) is 13.2 Å². The topological polar surface area (TPSA) is 40.2 Å². The van der Waals surface area contributed by atoms with E-state index < -0.39 is 0 Å². The second-order valence-corrected chi connectivity index (χ2v) is 4.31. The Kier molecular flexibility index (Phi) is 4.33. The first-order valence-electron chi connectivity index (χ1n) is 6.30. The van der Waals surface area contributed by atoms with E-state index in [0.717, 1.165) is 23.9 Å². The summed E-state index contributed by atoms with van der Waals surface area (Å²) in [5, 5.41) is 0.927. The Morgan fingerprint density at radius 2 is 2.22 bits per heavy atom. The molecule has 4 heteroatoms. The van der Waals surface area contributed by atoms with Crippen LogP contribution in [0, 0.1) is 5.82 Å². The van der Waals surface area contributed by atoms with Crippen LogP contribution in [0.5, 0.6) is 0 Å². The van der Waals surface area contributed by atoms with Crippen LogP contribution in [-0.2, 0) is 11.3 Å². The molecule has 0 spiro atoms. The Hall–Kier alpha value is -1.39. The average molecular weight is 250 g/mol. The van der Waals surface area contributed by atoms with Gasteiger partial charge in [0.1, 0.15) is 5.82 Å². The minimum atomic E-state index is -0.200. The maximum absolute atomic E-state index is 13.1.